The molecule has 0 radical (unpaired) electrons. The Bertz CT molecular complexity index is 465. The Kier molecular flexibility index (Phi) is 3.89. The average molecular weight is 275 g/mol. The Morgan fingerprint density at radius 1 is 1.30 bits per heavy atom. The number of amidine groups is 1. The van der Waals surface area contributed by atoms with Crippen molar-refractivity contribution in [2.24, 2.45) is 10.9 Å². The normalized spacial score (nSPS) is 28.5. The lowest BCUT2D eigenvalue weighted by atomic mass is 10.0. The summed E-state index contributed by atoms with van der Waals surface area (Å²) in [6.45, 7) is 1.85. The molecule has 5 nitrogen and oxygen atoms in total. The Labute approximate surface area is 119 Å². The second-order valence-electron chi connectivity index (χ2n) is 5.63. The van der Waals surface area contributed by atoms with Crippen molar-refractivity contribution >= 4 is 5.84 Å². The van der Waals surface area contributed by atoms with Gasteiger partial charge in [0.2, 0.25) is 0 Å². The number of rotatable bonds is 4. The predicted octanol–water partition coefficient (Wildman–Crippen LogP) is 1.73. The molecular weight excluding hydrogens is 254 g/mol. The molecule has 2 heterocycles. The number of hydrogen-bond acceptors (Lipinski definition) is 4. The largest absolute Gasteiger partial charge is 0.409 e. The molecule has 0 aliphatic carbocycles. The van der Waals surface area contributed by atoms with Crippen LogP contribution < -0.4 is 5.73 Å². The number of nitrogens with two attached hydrogens (primary N) is 1. The summed E-state index contributed by atoms with van der Waals surface area (Å²) in [7, 11) is 0. The first-order chi connectivity index (χ1) is 9.76. The molecule has 1 aromatic carbocycles. The minimum atomic E-state index is 0.152. The number of ether oxygens (including phenoxy) is 1. The zero-order chi connectivity index (χ0) is 13.9. The van der Waals surface area contributed by atoms with E-state index in [0.29, 0.717) is 18.6 Å². The fourth-order valence-electron chi connectivity index (χ4n) is 3.27. The lowest BCUT2D eigenvalue weighted by molar-refractivity contribution is -0.0525. The van der Waals surface area contributed by atoms with Gasteiger partial charge in [-0.2, -0.15) is 0 Å². The molecule has 2 aliphatic rings. The van der Waals surface area contributed by atoms with Crippen molar-refractivity contribution in [3.8, 4) is 0 Å². The standard InChI is InChI=1S/C15H21N3O2/c16-15(17-19)8-14(11-4-2-1-3-5-11)18-9-12-6-7-13(10-18)20-12/h1-5,12-14,19H,6-10H2,(H2,16,17). The molecule has 2 bridgehead atoms. The van der Waals surface area contributed by atoms with E-state index in [-0.39, 0.29) is 11.9 Å². The molecule has 3 atom stereocenters. The lowest BCUT2D eigenvalue weighted by Gasteiger charge is -2.38. The summed E-state index contributed by atoms with van der Waals surface area (Å²) in [5.41, 5.74) is 6.95. The second-order valence-corrected chi connectivity index (χ2v) is 5.63. The van der Waals surface area contributed by atoms with Gasteiger partial charge in [-0.25, -0.2) is 0 Å². The summed E-state index contributed by atoms with van der Waals surface area (Å²) < 4.78 is 5.89. The molecule has 0 aromatic heterocycles. The van der Waals surface area contributed by atoms with E-state index in [1.807, 2.05) is 18.2 Å². The summed E-state index contributed by atoms with van der Waals surface area (Å²) >= 11 is 0. The van der Waals surface area contributed by atoms with Crippen LogP contribution in [0.1, 0.15) is 30.9 Å². The molecule has 20 heavy (non-hydrogen) atoms. The average Bonchev–Trinajstić information content (AvgIpc) is 2.83. The Morgan fingerprint density at radius 2 is 1.95 bits per heavy atom. The van der Waals surface area contributed by atoms with Crippen molar-refractivity contribution in [3.63, 3.8) is 0 Å². The fraction of sp³-hybridized carbons (Fsp3) is 0.533. The van der Waals surface area contributed by atoms with Gasteiger partial charge in [0.25, 0.3) is 0 Å². The van der Waals surface area contributed by atoms with Gasteiger partial charge in [0.15, 0.2) is 0 Å². The van der Waals surface area contributed by atoms with Crippen molar-refractivity contribution in [2.45, 2.75) is 37.5 Å². The monoisotopic (exact) mass is 275 g/mol. The maximum Gasteiger partial charge on any atom is 0.141 e. The van der Waals surface area contributed by atoms with Gasteiger partial charge in [-0.05, 0) is 18.4 Å². The maximum atomic E-state index is 8.87. The topological polar surface area (TPSA) is 71.1 Å². The molecule has 0 spiro atoms. The summed E-state index contributed by atoms with van der Waals surface area (Å²) in [5.74, 6) is 0.276. The number of benzene rings is 1. The van der Waals surface area contributed by atoms with Gasteiger partial charge in [0, 0.05) is 25.6 Å². The molecule has 0 amide bonds. The van der Waals surface area contributed by atoms with Crippen molar-refractivity contribution in [1.82, 2.24) is 4.90 Å². The molecular formula is C15H21N3O2. The van der Waals surface area contributed by atoms with E-state index in [2.05, 4.69) is 22.2 Å². The number of oxime groups is 1. The number of fused-ring (bicyclic) bond motifs is 2. The second kappa shape index (κ2) is 5.81. The molecule has 2 saturated heterocycles. The van der Waals surface area contributed by atoms with Crippen molar-refractivity contribution in [3.05, 3.63) is 35.9 Å². The Hall–Kier alpha value is -1.59. The zero-order valence-corrected chi connectivity index (χ0v) is 11.5. The van der Waals surface area contributed by atoms with Crippen LogP contribution in [0.5, 0.6) is 0 Å². The van der Waals surface area contributed by atoms with E-state index >= 15 is 0 Å². The van der Waals surface area contributed by atoms with Crippen LogP contribution in [-0.4, -0.2) is 41.2 Å². The quantitative estimate of drug-likeness (QED) is 0.380. The third-order valence-corrected chi connectivity index (χ3v) is 4.23. The molecule has 0 saturated carbocycles. The van der Waals surface area contributed by atoms with Crippen LogP contribution >= 0.6 is 0 Å². The van der Waals surface area contributed by atoms with Crippen molar-refractivity contribution in [2.75, 3.05) is 13.1 Å². The maximum absolute atomic E-state index is 8.87. The zero-order valence-electron chi connectivity index (χ0n) is 11.5. The van der Waals surface area contributed by atoms with Gasteiger partial charge < -0.3 is 15.7 Å². The van der Waals surface area contributed by atoms with E-state index in [0.717, 1.165) is 25.9 Å². The molecule has 1 aromatic rings. The summed E-state index contributed by atoms with van der Waals surface area (Å²) in [6.07, 6.45) is 3.51. The minimum Gasteiger partial charge on any atom is -0.409 e. The van der Waals surface area contributed by atoms with Crippen LogP contribution in [0.4, 0.5) is 0 Å². The van der Waals surface area contributed by atoms with Crippen LogP contribution in [0.25, 0.3) is 0 Å². The molecule has 3 rings (SSSR count). The van der Waals surface area contributed by atoms with Crippen LogP contribution in [0.15, 0.2) is 35.5 Å². The van der Waals surface area contributed by atoms with E-state index in [9.17, 15) is 0 Å². The van der Waals surface area contributed by atoms with Gasteiger partial charge in [-0.1, -0.05) is 35.5 Å². The van der Waals surface area contributed by atoms with Gasteiger partial charge in [0.05, 0.1) is 12.2 Å². The SMILES string of the molecule is NC(CC(c1ccccc1)N1CC2CCC(C1)O2)=NO. The summed E-state index contributed by atoms with van der Waals surface area (Å²) in [4.78, 5) is 2.42. The van der Waals surface area contributed by atoms with Crippen molar-refractivity contribution in [1.29, 1.82) is 0 Å². The third-order valence-electron chi connectivity index (χ3n) is 4.23. The first kappa shape index (κ1) is 13.4. The van der Waals surface area contributed by atoms with Gasteiger partial charge in [-0.3, -0.25) is 4.90 Å². The number of nitrogens with zero attached hydrogens (tertiary/aromatic N) is 2. The molecule has 108 valence electrons. The molecule has 3 N–H and O–H groups in total. The van der Waals surface area contributed by atoms with Crippen LogP contribution in [0.2, 0.25) is 0 Å². The highest BCUT2D eigenvalue weighted by Gasteiger charge is 2.37. The lowest BCUT2D eigenvalue weighted by Crippen LogP contribution is -2.45. The summed E-state index contributed by atoms with van der Waals surface area (Å²) in [5, 5.41) is 12.0. The van der Waals surface area contributed by atoms with E-state index in [1.54, 1.807) is 0 Å². The van der Waals surface area contributed by atoms with Crippen LogP contribution in [0.3, 0.4) is 0 Å². The highest BCUT2D eigenvalue weighted by molar-refractivity contribution is 5.80. The van der Waals surface area contributed by atoms with Crippen LogP contribution in [0, 0.1) is 0 Å². The van der Waals surface area contributed by atoms with Gasteiger partial charge in [-0.15, -0.1) is 0 Å². The smallest absolute Gasteiger partial charge is 0.141 e. The molecule has 3 unspecified atom stereocenters. The molecule has 5 heteroatoms. The first-order valence-electron chi connectivity index (χ1n) is 7.17. The minimum absolute atomic E-state index is 0.152. The Balaban J connectivity index is 1.82. The molecule has 2 aliphatic heterocycles. The predicted molar refractivity (Wildman–Crippen MR) is 76.7 cm³/mol. The fourth-order valence-corrected chi connectivity index (χ4v) is 3.27. The number of hydrogen-bond donors (Lipinski definition) is 2. The number of likely N-dealkylation sites (tertiary alicyclic amines) is 1. The Morgan fingerprint density at radius 3 is 2.55 bits per heavy atom. The highest BCUT2D eigenvalue weighted by Crippen LogP contribution is 2.33. The van der Waals surface area contributed by atoms with Gasteiger partial charge in [0.1, 0.15) is 5.84 Å². The van der Waals surface area contributed by atoms with E-state index < -0.39 is 0 Å². The van der Waals surface area contributed by atoms with E-state index in [4.69, 9.17) is 15.7 Å². The summed E-state index contributed by atoms with van der Waals surface area (Å²) in [6, 6.07) is 10.4. The number of morpholine rings is 1. The van der Waals surface area contributed by atoms with Crippen LogP contribution in [-0.2, 0) is 4.74 Å². The third kappa shape index (κ3) is 2.78. The first-order valence-corrected chi connectivity index (χ1v) is 7.17. The van der Waals surface area contributed by atoms with Gasteiger partial charge >= 0.3 is 0 Å². The van der Waals surface area contributed by atoms with Crippen molar-refractivity contribution < 1.29 is 9.94 Å². The molecule has 2 fully saturated rings. The highest BCUT2D eigenvalue weighted by atomic mass is 16.5. The van der Waals surface area contributed by atoms with E-state index in [1.165, 1.54) is 5.56 Å².